The van der Waals surface area contributed by atoms with Crippen LogP contribution in [0, 0.1) is 21.4 Å². The minimum absolute atomic E-state index is 0.0899. The molecule has 1 aromatic carbocycles. The second kappa shape index (κ2) is 9.15. The lowest BCUT2D eigenvalue weighted by Gasteiger charge is -2.15. The zero-order valence-corrected chi connectivity index (χ0v) is 12.7. The first-order chi connectivity index (χ1) is 11.0. The number of ether oxygens (including phenoxy) is 1. The number of esters is 1. The maximum atomic E-state index is 12.0. The summed E-state index contributed by atoms with van der Waals surface area (Å²) in [7, 11) is 1.21. The van der Waals surface area contributed by atoms with Gasteiger partial charge < -0.3 is 10.1 Å². The van der Waals surface area contributed by atoms with Crippen molar-refractivity contribution in [1.82, 2.24) is 5.32 Å². The van der Waals surface area contributed by atoms with E-state index in [0.29, 0.717) is 18.4 Å². The molecule has 1 rings (SSSR count). The van der Waals surface area contributed by atoms with Crippen LogP contribution in [0.4, 0.5) is 5.69 Å². The summed E-state index contributed by atoms with van der Waals surface area (Å²) in [6.07, 6.45) is 0.927. The Morgan fingerprint density at radius 2 is 2.22 bits per heavy atom. The van der Waals surface area contributed by atoms with Crippen molar-refractivity contribution in [2.75, 3.05) is 7.11 Å². The maximum Gasteiger partial charge on any atom is 0.328 e. The highest BCUT2D eigenvalue weighted by molar-refractivity contribution is 5.85. The van der Waals surface area contributed by atoms with E-state index in [-0.39, 0.29) is 18.5 Å². The van der Waals surface area contributed by atoms with Gasteiger partial charge >= 0.3 is 5.97 Å². The van der Waals surface area contributed by atoms with Crippen molar-refractivity contribution in [1.29, 1.82) is 5.26 Å². The van der Waals surface area contributed by atoms with E-state index >= 15 is 0 Å². The molecule has 0 heterocycles. The number of benzene rings is 1. The third-order valence-electron chi connectivity index (χ3n) is 3.09. The van der Waals surface area contributed by atoms with E-state index in [1.165, 1.54) is 25.3 Å². The molecule has 8 heteroatoms. The van der Waals surface area contributed by atoms with Crippen molar-refractivity contribution in [2.24, 2.45) is 0 Å². The fourth-order valence-electron chi connectivity index (χ4n) is 1.99. The molecule has 122 valence electrons. The summed E-state index contributed by atoms with van der Waals surface area (Å²) >= 11 is 0. The van der Waals surface area contributed by atoms with Gasteiger partial charge in [0.2, 0.25) is 5.91 Å². The predicted molar refractivity (Wildman–Crippen MR) is 80.2 cm³/mol. The molecule has 23 heavy (non-hydrogen) atoms. The Morgan fingerprint density at radius 3 is 2.83 bits per heavy atom. The van der Waals surface area contributed by atoms with Gasteiger partial charge in [-0.25, -0.2) is 4.79 Å². The average molecular weight is 319 g/mol. The number of non-ortho nitro benzene ring substituents is 1. The molecular formula is C15H17N3O5. The fourth-order valence-corrected chi connectivity index (χ4v) is 1.99. The molecule has 0 aliphatic carbocycles. The van der Waals surface area contributed by atoms with Crippen LogP contribution in [0.2, 0.25) is 0 Å². The molecule has 8 nitrogen and oxygen atoms in total. The number of nitriles is 1. The van der Waals surface area contributed by atoms with Gasteiger partial charge in [-0.05, 0) is 18.4 Å². The molecule has 0 radical (unpaired) electrons. The second-order valence-electron chi connectivity index (χ2n) is 4.80. The maximum absolute atomic E-state index is 12.0. The molecule has 0 aliphatic heterocycles. The standard InChI is InChI=1S/C15H17N3O5/c1-23-15(20)13(7-2-3-8-16)17-14(19)10-11-5-4-6-12(9-11)18(21)22/h4-6,9,13H,2-3,7,10H2,1H3,(H,17,19)/t13-/m0/s1. The molecule has 0 unspecified atom stereocenters. The normalized spacial score (nSPS) is 11.1. The molecule has 0 fully saturated rings. The third-order valence-corrected chi connectivity index (χ3v) is 3.09. The topological polar surface area (TPSA) is 122 Å². The number of methoxy groups -OCH3 is 1. The highest BCUT2D eigenvalue weighted by atomic mass is 16.6. The Hall–Kier alpha value is -2.95. The van der Waals surface area contributed by atoms with Gasteiger partial charge in [-0.1, -0.05) is 12.1 Å². The largest absolute Gasteiger partial charge is 0.467 e. The van der Waals surface area contributed by atoms with E-state index in [4.69, 9.17) is 5.26 Å². The van der Waals surface area contributed by atoms with Crippen molar-refractivity contribution in [3.63, 3.8) is 0 Å². The molecular weight excluding hydrogens is 302 g/mol. The van der Waals surface area contributed by atoms with Crippen molar-refractivity contribution in [3.05, 3.63) is 39.9 Å². The van der Waals surface area contributed by atoms with Gasteiger partial charge in [-0.2, -0.15) is 5.26 Å². The highest BCUT2D eigenvalue weighted by Crippen LogP contribution is 2.13. The third kappa shape index (κ3) is 6.13. The molecule has 0 aliphatic rings. The van der Waals surface area contributed by atoms with Crippen LogP contribution in [0.1, 0.15) is 24.8 Å². The number of rotatable bonds is 8. The first kappa shape index (κ1) is 18.1. The lowest BCUT2D eigenvalue weighted by molar-refractivity contribution is -0.384. The lowest BCUT2D eigenvalue weighted by atomic mass is 10.1. The Balaban J connectivity index is 2.68. The van der Waals surface area contributed by atoms with Crippen LogP contribution < -0.4 is 5.32 Å². The number of carbonyl (C=O) groups excluding carboxylic acids is 2. The van der Waals surface area contributed by atoms with Gasteiger partial charge in [0, 0.05) is 18.6 Å². The summed E-state index contributed by atoms with van der Waals surface area (Å²) in [5.41, 5.74) is 0.367. The number of hydrogen-bond donors (Lipinski definition) is 1. The predicted octanol–water partition coefficient (Wildman–Crippen LogP) is 1.49. The zero-order chi connectivity index (χ0) is 17.2. The molecule has 1 atom stereocenters. The van der Waals surface area contributed by atoms with E-state index in [1.54, 1.807) is 6.07 Å². The number of amides is 1. The van der Waals surface area contributed by atoms with Crippen LogP contribution in [0.25, 0.3) is 0 Å². The van der Waals surface area contributed by atoms with Crippen molar-refractivity contribution < 1.29 is 19.2 Å². The highest BCUT2D eigenvalue weighted by Gasteiger charge is 2.21. The molecule has 0 aromatic heterocycles. The SMILES string of the molecule is COC(=O)[C@H](CCCC#N)NC(=O)Cc1cccc([N+](=O)[O-])c1. The molecule has 0 bridgehead atoms. The monoisotopic (exact) mass is 319 g/mol. The van der Waals surface area contributed by atoms with Crippen LogP contribution in [0.3, 0.4) is 0 Å². The van der Waals surface area contributed by atoms with Gasteiger partial charge in [-0.3, -0.25) is 14.9 Å². The van der Waals surface area contributed by atoms with Gasteiger partial charge in [-0.15, -0.1) is 0 Å². The van der Waals surface area contributed by atoms with Crippen molar-refractivity contribution >= 4 is 17.6 Å². The molecule has 1 amide bonds. The number of nitrogens with one attached hydrogen (secondary N) is 1. The number of nitrogens with zero attached hydrogens (tertiary/aromatic N) is 2. The summed E-state index contributed by atoms with van der Waals surface area (Å²) in [6.45, 7) is 0. The van der Waals surface area contributed by atoms with Crippen molar-refractivity contribution in [2.45, 2.75) is 31.7 Å². The zero-order valence-electron chi connectivity index (χ0n) is 12.7. The van der Waals surface area contributed by atoms with E-state index in [1.807, 2.05) is 6.07 Å². The van der Waals surface area contributed by atoms with Gasteiger partial charge in [0.05, 0.1) is 24.5 Å². The lowest BCUT2D eigenvalue weighted by Crippen LogP contribution is -2.42. The number of carbonyl (C=O) groups is 2. The van der Waals surface area contributed by atoms with Crippen molar-refractivity contribution in [3.8, 4) is 6.07 Å². The van der Waals surface area contributed by atoms with Gasteiger partial charge in [0.1, 0.15) is 6.04 Å². The minimum Gasteiger partial charge on any atom is -0.467 e. The van der Waals surface area contributed by atoms with Gasteiger partial charge in [0.15, 0.2) is 0 Å². The van der Waals surface area contributed by atoms with E-state index in [9.17, 15) is 19.7 Å². The Bertz CT molecular complexity index is 624. The van der Waals surface area contributed by atoms with E-state index in [0.717, 1.165) is 0 Å². The number of unbranched alkanes of at least 4 members (excludes halogenated alkanes) is 1. The van der Waals surface area contributed by atoms with Crippen LogP contribution >= 0.6 is 0 Å². The summed E-state index contributed by atoms with van der Waals surface area (Å²) in [4.78, 5) is 33.8. The van der Waals surface area contributed by atoms with Crippen LogP contribution in [-0.2, 0) is 20.7 Å². The summed E-state index contributed by atoms with van der Waals surface area (Å²) < 4.78 is 4.62. The fraction of sp³-hybridized carbons (Fsp3) is 0.400. The Kier molecular flexibility index (Phi) is 7.20. The summed E-state index contributed by atoms with van der Waals surface area (Å²) in [6, 6.07) is 6.85. The molecule has 0 saturated carbocycles. The molecule has 1 N–H and O–H groups in total. The van der Waals surface area contributed by atoms with Gasteiger partial charge in [0.25, 0.3) is 5.69 Å². The number of hydrogen-bond acceptors (Lipinski definition) is 6. The summed E-state index contributed by atoms with van der Waals surface area (Å²) in [5.74, 6) is -1.03. The molecule has 0 spiro atoms. The van der Waals surface area contributed by atoms with Crippen LogP contribution in [-0.4, -0.2) is 30.0 Å². The first-order valence-corrected chi connectivity index (χ1v) is 6.95. The summed E-state index contributed by atoms with van der Waals surface area (Å²) in [5, 5.41) is 21.8. The second-order valence-corrected chi connectivity index (χ2v) is 4.80. The van der Waals surface area contributed by atoms with Crippen LogP contribution in [0.5, 0.6) is 0 Å². The number of nitro benzene ring substituents is 1. The van der Waals surface area contributed by atoms with E-state index < -0.39 is 22.8 Å². The quantitative estimate of drug-likeness (QED) is 0.335. The average Bonchev–Trinajstić information content (AvgIpc) is 2.53. The van der Waals surface area contributed by atoms with Crippen LogP contribution in [0.15, 0.2) is 24.3 Å². The van der Waals surface area contributed by atoms with E-state index in [2.05, 4.69) is 10.1 Å². The Morgan fingerprint density at radius 1 is 1.48 bits per heavy atom. The number of nitro groups is 1. The molecule has 0 saturated heterocycles. The Labute approximate surface area is 133 Å². The first-order valence-electron chi connectivity index (χ1n) is 6.95. The minimum atomic E-state index is -0.834. The molecule has 1 aromatic rings. The smallest absolute Gasteiger partial charge is 0.328 e.